The Kier molecular flexibility index (Phi) is 4.40. The Morgan fingerprint density at radius 2 is 1.87 bits per heavy atom. The number of carbonyl (C=O) groups is 3. The lowest BCUT2D eigenvalue weighted by atomic mass is 10.1. The molecule has 1 unspecified atom stereocenters. The van der Waals surface area contributed by atoms with Gasteiger partial charge in [-0.2, -0.15) is 0 Å². The molecule has 3 heterocycles. The fraction of sp³-hybridized carbons (Fsp3) is 0.467. The Bertz CT molecular complexity index is 598. The molecule has 1 atom stereocenters. The average molecular weight is 317 g/mol. The molecule has 23 heavy (non-hydrogen) atoms. The molecule has 0 radical (unpaired) electrons. The second-order valence-corrected chi connectivity index (χ2v) is 5.63. The summed E-state index contributed by atoms with van der Waals surface area (Å²) in [5.74, 6) is -0.335. The number of imide groups is 1. The summed E-state index contributed by atoms with van der Waals surface area (Å²) >= 11 is 0. The quantitative estimate of drug-likeness (QED) is 0.745. The lowest BCUT2D eigenvalue weighted by Gasteiger charge is -2.36. The third kappa shape index (κ3) is 3.58. The average Bonchev–Trinajstić information content (AvgIpc) is 2.91. The molecule has 2 aliphatic heterocycles. The zero-order valence-electron chi connectivity index (χ0n) is 12.7. The molecule has 2 fully saturated rings. The molecule has 0 aromatic carbocycles. The van der Waals surface area contributed by atoms with Gasteiger partial charge in [-0.3, -0.25) is 19.9 Å². The van der Waals surface area contributed by atoms with Crippen LogP contribution in [0.3, 0.4) is 0 Å². The normalized spacial score (nSPS) is 21.1. The Morgan fingerprint density at radius 3 is 2.48 bits per heavy atom. The summed E-state index contributed by atoms with van der Waals surface area (Å²) in [4.78, 5) is 42.7. The van der Waals surface area contributed by atoms with Gasteiger partial charge in [-0.05, 0) is 18.6 Å². The van der Waals surface area contributed by atoms with Crippen LogP contribution in [0, 0.1) is 0 Å². The van der Waals surface area contributed by atoms with Crippen molar-refractivity contribution >= 4 is 23.5 Å². The van der Waals surface area contributed by atoms with Crippen molar-refractivity contribution in [1.29, 1.82) is 0 Å². The van der Waals surface area contributed by atoms with Crippen LogP contribution < -0.4 is 15.5 Å². The van der Waals surface area contributed by atoms with Gasteiger partial charge in [0.2, 0.25) is 5.91 Å². The van der Waals surface area contributed by atoms with E-state index in [0.717, 1.165) is 18.8 Å². The van der Waals surface area contributed by atoms with Gasteiger partial charge in [0, 0.05) is 50.7 Å². The number of nitrogens with zero attached hydrogens (tertiary/aromatic N) is 3. The van der Waals surface area contributed by atoms with E-state index in [2.05, 4.69) is 20.5 Å². The van der Waals surface area contributed by atoms with Crippen LogP contribution in [0.1, 0.15) is 12.8 Å². The molecule has 0 aliphatic carbocycles. The van der Waals surface area contributed by atoms with E-state index in [9.17, 15) is 14.4 Å². The van der Waals surface area contributed by atoms with Gasteiger partial charge in [0.05, 0.1) is 0 Å². The van der Waals surface area contributed by atoms with E-state index in [1.54, 1.807) is 12.4 Å². The van der Waals surface area contributed by atoms with Crippen molar-refractivity contribution in [3.8, 4) is 0 Å². The number of pyridine rings is 1. The summed E-state index contributed by atoms with van der Waals surface area (Å²) in [6.07, 6.45) is 4.11. The largest absolute Gasteiger partial charge is 0.368 e. The van der Waals surface area contributed by atoms with Gasteiger partial charge >= 0.3 is 6.03 Å². The van der Waals surface area contributed by atoms with Crippen LogP contribution in [0.5, 0.6) is 0 Å². The van der Waals surface area contributed by atoms with Crippen LogP contribution in [-0.2, 0) is 9.59 Å². The zero-order chi connectivity index (χ0) is 16.2. The molecule has 8 nitrogen and oxygen atoms in total. The van der Waals surface area contributed by atoms with Crippen LogP contribution in [0.25, 0.3) is 0 Å². The summed E-state index contributed by atoms with van der Waals surface area (Å²) in [7, 11) is 0. The maximum atomic E-state index is 12.2. The maximum Gasteiger partial charge on any atom is 0.322 e. The highest BCUT2D eigenvalue weighted by atomic mass is 16.2. The predicted octanol–water partition coefficient (Wildman–Crippen LogP) is -0.282. The SMILES string of the molecule is O=C1NC(=O)C(CCC(=O)N2CCN(c3ccncc3)CC2)N1. The number of hydrogen-bond donors (Lipinski definition) is 2. The second kappa shape index (κ2) is 6.64. The van der Waals surface area contributed by atoms with Gasteiger partial charge in [-0.15, -0.1) is 0 Å². The number of anilines is 1. The maximum absolute atomic E-state index is 12.2. The van der Waals surface area contributed by atoms with Crippen LogP contribution in [0.2, 0.25) is 0 Å². The van der Waals surface area contributed by atoms with Crippen molar-refractivity contribution in [2.45, 2.75) is 18.9 Å². The number of aromatic nitrogens is 1. The molecule has 2 saturated heterocycles. The fourth-order valence-electron chi connectivity index (χ4n) is 2.86. The first-order chi connectivity index (χ1) is 11.1. The van der Waals surface area contributed by atoms with E-state index < -0.39 is 12.1 Å². The van der Waals surface area contributed by atoms with Gasteiger partial charge in [0.25, 0.3) is 5.91 Å². The minimum atomic E-state index is -0.593. The lowest BCUT2D eigenvalue weighted by molar-refractivity contribution is -0.131. The number of piperazine rings is 1. The molecule has 0 bridgehead atoms. The van der Waals surface area contributed by atoms with Crippen molar-refractivity contribution < 1.29 is 14.4 Å². The lowest BCUT2D eigenvalue weighted by Crippen LogP contribution is -2.49. The second-order valence-electron chi connectivity index (χ2n) is 5.63. The first kappa shape index (κ1) is 15.3. The number of rotatable bonds is 4. The van der Waals surface area contributed by atoms with E-state index in [4.69, 9.17) is 0 Å². The minimum Gasteiger partial charge on any atom is -0.368 e. The van der Waals surface area contributed by atoms with E-state index >= 15 is 0 Å². The third-order valence-electron chi connectivity index (χ3n) is 4.17. The Balaban J connectivity index is 1.45. The summed E-state index contributed by atoms with van der Waals surface area (Å²) in [5, 5.41) is 4.67. The predicted molar refractivity (Wildman–Crippen MR) is 82.7 cm³/mol. The highest BCUT2D eigenvalue weighted by molar-refractivity contribution is 6.04. The summed E-state index contributed by atoms with van der Waals surface area (Å²) < 4.78 is 0. The molecule has 0 saturated carbocycles. The molecule has 122 valence electrons. The third-order valence-corrected chi connectivity index (χ3v) is 4.17. The van der Waals surface area contributed by atoms with Crippen LogP contribution in [-0.4, -0.2) is 60.0 Å². The molecular weight excluding hydrogens is 298 g/mol. The van der Waals surface area contributed by atoms with E-state index in [1.165, 1.54) is 0 Å². The van der Waals surface area contributed by atoms with Crippen molar-refractivity contribution in [2.75, 3.05) is 31.1 Å². The molecule has 0 spiro atoms. The van der Waals surface area contributed by atoms with Crippen molar-refractivity contribution in [1.82, 2.24) is 20.5 Å². The molecule has 3 rings (SSSR count). The highest BCUT2D eigenvalue weighted by Gasteiger charge is 2.30. The number of nitrogens with one attached hydrogen (secondary N) is 2. The van der Waals surface area contributed by atoms with E-state index in [-0.39, 0.29) is 18.2 Å². The van der Waals surface area contributed by atoms with Crippen LogP contribution in [0.15, 0.2) is 24.5 Å². The first-order valence-corrected chi connectivity index (χ1v) is 7.67. The van der Waals surface area contributed by atoms with Gasteiger partial charge in [0.15, 0.2) is 0 Å². The molecular formula is C15H19N5O3. The summed E-state index contributed by atoms with van der Waals surface area (Å²) in [5.41, 5.74) is 1.11. The fourth-order valence-corrected chi connectivity index (χ4v) is 2.86. The smallest absolute Gasteiger partial charge is 0.322 e. The molecule has 4 amide bonds. The summed E-state index contributed by atoms with van der Waals surface area (Å²) in [6, 6.07) is 2.83. The topological polar surface area (TPSA) is 94.6 Å². The van der Waals surface area contributed by atoms with Crippen LogP contribution in [0.4, 0.5) is 10.5 Å². The van der Waals surface area contributed by atoms with Gasteiger partial charge in [-0.1, -0.05) is 0 Å². The number of hydrogen-bond acceptors (Lipinski definition) is 5. The highest BCUT2D eigenvalue weighted by Crippen LogP contribution is 2.15. The van der Waals surface area contributed by atoms with Crippen molar-refractivity contribution in [3.05, 3.63) is 24.5 Å². The standard InChI is InChI=1S/C15H19N5O3/c21-13(2-1-12-14(22)18-15(23)17-12)20-9-7-19(8-10-20)11-3-5-16-6-4-11/h3-6,12H,1-2,7-10H2,(H2,17,18,22,23). The summed E-state index contributed by atoms with van der Waals surface area (Å²) in [6.45, 7) is 2.86. The Hall–Kier alpha value is -2.64. The van der Waals surface area contributed by atoms with Gasteiger partial charge < -0.3 is 15.1 Å². The number of carbonyl (C=O) groups excluding carboxylic acids is 3. The molecule has 2 aliphatic rings. The Labute approximate surface area is 133 Å². The number of amides is 4. The molecule has 1 aromatic heterocycles. The molecule has 1 aromatic rings. The first-order valence-electron chi connectivity index (χ1n) is 7.67. The van der Waals surface area contributed by atoms with Crippen LogP contribution >= 0.6 is 0 Å². The van der Waals surface area contributed by atoms with Gasteiger partial charge in [0.1, 0.15) is 6.04 Å². The van der Waals surface area contributed by atoms with Crippen molar-refractivity contribution in [3.63, 3.8) is 0 Å². The zero-order valence-corrected chi connectivity index (χ0v) is 12.7. The Morgan fingerprint density at radius 1 is 1.17 bits per heavy atom. The molecule has 2 N–H and O–H groups in total. The van der Waals surface area contributed by atoms with Crippen molar-refractivity contribution in [2.24, 2.45) is 0 Å². The van der Waals surface area contributed by atoms with Gasteiger partial charge in [-0.25, -0.2) is 4.79 Å². The minimum absolute atomic E-state index is 0.0216. The molecule has 8 heteroatoms. The van der Waals surface area contributed by atoms with E-state index in [1.807, 2.05) is 17.0 Å². The van der Waals surface area contributed by atoms with E-state index in [0.29, 0.717) is 19.5 Å². The number of urea groups is 1. The monoisotopic (exact) mass is 317 g/mol.